The van der Waals surface area contributed by atoms with Crippen LogP contribution in [-0.2, 0) is 6.61 Å². The molecule has 0 aliphatic rings. The zero-order valence-corrected chi connectivity index (χ0v) is 18.1. The standard InChI is InChI=1S/C25H22N2O3S/c1-17-6-3-9-20(12-17)26-24(28)23-16-31-25(27-23)19-8-5-11-22(14-19)30-15-18-7-4-10-21(13-18)29-2/h3-14,16H,15H2,1-2H3,(H,26,28). The number of thiazole rings is 1. The summed E-state index contributed by atoms with van der Waals surface area (Å²) in [7, 11) is 1.65. The Labute approximate surface area is 185 Å². The van der Waals surface area contributed by atoms with E-state index in [0.717, 1.165) is 38.9 Å². The lowest BCUT2D eigenvalue weighted by atomic mass is 10.2. The van der Waals surface area contributed by atoms with Gasteiger partial charge in [0.1, 0.15) is 28.8 Å². The predicted molar refractivity (Wildman–Crippen MR) is 124 cm³/mol. The van der Waals surface area contributed by atoms with Gasteiger partial charge in [-0.25, -0.2) is 4.98 Å². The number of aryl methyl sites for hydroxylation is 1. The summed E-state index contributed by atoms with van der Waals surface area (Å²) in [4.78, 5) is 17.1. The molecule has 0 saturated carbocycles. The van der Waals surface area contributed by atoms with Gasteiger partial charge < -0.3 is 14.8 Å². The van der Waals surface area contributed by atoms with E-state index in [2.05, 4.69) is 10.3 Å². The summed E-state index contributed by atoms with van der Waals surface area (Å²) < 4.78 is 11.2. The highest BCUT2D eigenvalue weighted by Gasteiger charge is 2.13. The molecule has 0 radical (unpaired) electrons. The zero-order valence-electron chi connectivity index (χ0n) is 17.3. The van der Waals surface area contributed by atoms with Gasteiger partial charge in [-0.3, -0.25) is 4.79 Å². The number of aromatic nitrogens is 1. The maximum absolute atomic E-state index is 12.5. The molecule has 5 nitrogen and oxygen atoms in total. The molecule has 0 aliphatic carbocycles. The molecule has 0 unspecified atom stereocenters. The molecule has 6 heteroatoms. The quantitative estimate of drug-likeness (QED) is 0.393. The Morgan fingerprint density at radius 2 is 1.81 bits per heavy atom. The smallest absolute Gasteiger partial charge is 0.275 e. The van der Waals surface area contributed by atoms with Gasteiger partial charge in [-0.2, -0.15) is 0 Å². The minimum Gasteiger partial charge on any atom is -0.497 e. The molecule has 1 heterocycles. The van der Waals surface area contributed by atoms with E-state index in [1.54, 1.807) is 12.5 Å². The molecule has 1 N–H and O–H groups in total. The number of nitrogens with one attached hydrogen (secondary N) is 1. The highest BCUT2D eigenvalue weighted by Crippen LogP contribution is 2.28. The number of hydrogen-bond acceptors (Lipinski definition) is 5. The number of anilines is 1. The van der Waals surface area contributed by atoms with Crippen LogP contribution in [0.3, 0.4) is 0 Å². The minimum atomic E-state index is -0.224. The molecule has 0 spiro atoms. The molecule has 156 valence electrons. The molecule has 4 rings (SSSR count). The van der Waals surface area contributed by atoms with Crippen molar-refractivity contribution < 1.29 is 14.3 Å². The van der Waals surface area contributed by atoms with Crippen LogP contribution in [0.15, 0.2) is 78.2 Å². The van der Waals surface area contributed by atoms with Gasteiger partial charge in [0.15, 0.2) is 0 Å². The fourth-order valence-electron chi connectivity index (χ4n) is 3.08. The summed E-state index contributed by atoms with van der Waals surface area (Å²) in [5, 5.41) is 5.43. The monoisotopic (exact) mass is 430 g/mol. The van der Waals surface area contributed by atoms with E-state index in [9.17, 15) is 4.79 Å². The highest BCUT2D eigenvalue weighted by atomic mass is 32.1. The number of benzene rings is 3. The van der Waals surface area contributed by atoms with E-state index in [0.29, 0.717) is 12.3 Å². The van der Waals surface area contributed by atoms with Crippen LogP contribution in [0, 0.1) is 6.92 Å². The second-order valence-corrected chi connectivity index (χ2v) is 7.89. The van der Waals surface area contributed by atoms with Crippen molar-refractivity contribution in [1.82, 2.24) is 4.98 Å². The van der Waals surface area contributed by atoms with Gasteiger partial charge in [0.25, 0.3) is 5.91 Å². The Morgan fingerprint density at radius 1 is 1.00 bits per heavy atom. The van der Waals surface area contributed by atoms with Crippen LogP contribution < -0.4 is 14.8 Å². The Kier molecular flexibility index (Phi) is 6.29. The Hall–Kier alpha value is -3.64. The first kappa shape index (κ1) is 20.6. The third-order valence-corrected chi connectivity index (χ3v) is 5.52. The maximum Gasteiger partial charge on any atom is 0.275 e. The van der Waals surface area contributed by atoms with E-state index in [1.807, 2.05) is 79.7 Å². The summed E-state index contributed by atoms with van der Waals surface area (Å²) >= 11 is 1.43. The second kappa shape index (κ2) is 9.45. The normalized spacial score (nSPS) is 10.5. The van der Waals surface area contributed by atoms with Gasteiger partial charge in [0.2, 0.25) is 0 Å². The molecule has 0 atom stereocenters. The third-order valence-electron chi connectivity index (χ3n) is 4.63. The number of carbonyl (C=O) groups is 1. The molecule has 31 heavy (non-hydrogen) atoms. The fraction of sp³-hybridized carbons (Fsp3) is 0.120. The average Bonchev–Trinajstić information content (AvgIpc) is 3.29. The number of carbonyl (C=O) groups excluding carboxylic acids is 1. The molecule has 3 aromatic carbocycles. The summed E-state index contributed by atoms with van der Waals surface area (Å²) in [5.41, 5.74) is 4.16. The van der Waals surface area contributed by atoms with Crippen LogP contribution in [0.1, 0.15) is 21.6 Å². The molecule has 0 saturated heterocycles. The Bertz CT molecular complexity index is 1200. The summed E-state index contributed by atoms with van der Waals surface area (Å²) in [5.74, 6) is 1.31. The van der Waals surface area contributed by atoms with Crippen molar-refractivity contribution in [3.63, 3.8) is 0 Å². The first-order valence-corrected chi connectivity index (χ1v) is 10.7. The van der Waals surface area contributed by atoms with Crippen molar-refractivity contribution in [2.75, 3.05) is 12.4 Å². The van der Waals surface area contributed by atoms with Crippen molar-refractivity contribution in [3.05, 3.63) is 95.0 Å². The van der Waals surface area contributed by atoms with Crippen molar-refractivity contribution in [2.24, 2.45) is 0 Å². The van der Waals surface area contributed by atoms with Crippen molar-refractivity contribution in [3.8, 4) is 22.1 Å². The second-order valence-electron chi connectivity index (χ2n) is 7.03. The van der Waals surface area contributed by atoms with Gasteiger partial charge >= 0.3 is 0 Å². The van der Waals surface area contributed by atoms with E-state index in [-0.39, 0.29) is 5.91 Å². The lowest BCUT2D eigenvalue weighted by molar-refractivity contribution is 0.102. The summed E-state index contributed by atoms with van der Waals surface area (Å²) in [6.07, 6.45) is 0. The van der Waals surface area contributed by atoms with E-state index >= 15 is 0 Å². The number of amides is 1. The van der Waals surface area contributed by atoms with E-state index in [1.165, 1.54) is 11.3 Å². The third kappa shape index (κ3) is 5.29. The number of hydrogen-bond donors (Lipinski definition) is 1. The van der Waals surface area contributed by atoms with Gasteiger partial charge in [-0.1, -0.05) is 36.4 Å². The number of nitrogens with zero attached hydrogens (tertiary/aromatic N) is 1. The molecule has 0 bridgehead atoms. The lowest BCUT2D eigenvalue weighted by Crippen LogP contribution is -2.12. The lowest BCUT2D eigenvalue weighted by Gasteiger charge is -2.08. The summed E-state index contributed by atoms with van der Waals surface area (Å²) in [6.45, 7) is 2.42. The fourth-order valence-corrected chi connectivity index (χ4v) is 3.87. The molecule has 0 fully saturated rings. The van der Waals surface area contributed by atoms with E-state index in [4.69, 9.17) is 9.47 Å². The van der Waals surface area contributed by atoms with Crippen LogP contribution in [-0.4, -0.2) is 18.0 Å². The number of methoxy groups -OCH3 is 1. The Morgan fingerprint density at radius 3 is 2.65 bits per heavy atom. The summed E-state index contributed by atoms with van der Waals surface area (Å²) in [6, 6.07) is 23.2. The Balaban J connectivity index is 1.44. The van der Waals surface area contributed by atoms with Gasteiger partial charge in [-0.05, 0) is 54.4 Å². The SMILES string of the molecule is COc1cccc(COc2cccc(-c3nc(C(=O)Nc4cccc(C)c4)cs3)c2)c1. The van der Waals surface area contributed by atoms with E-state index < -0.39 is 0 Å². The average molecular weight is 431 g/mol. The number of ether oxygens (including phenoxy) is 2. The molecule has 4 aromatic rings. The first-order chi connectivity index (χ1) is 15.1. The minimum absolute atomic E-state index is 0.224. The van der Waals surface area contributed by atoms with Crippen molar-refractivity contribution >= 4 is 22.9 Å². The largest absolute Gasteiger partial charge is 0.497 e. The van der Waals surface area contributed by atoms with Crippen LogP contribution >= 0.6 is 11.3 Å². The van der Waals surface area contributed by atoms with Crippen molar-refractivity contribution in [2.45, 2.75) is 13.5 Å². The maximum atomic E-state index is 12.5. The topological polar surface area (TPSA) is 60.5 Å². The molecule has 1 amide bonds. The first-order valence-electron chi connectivity index (χ1n) is 9.80. The molecular formula is C25H22N2O3S. The molecular weight excluding hydrogens is 408 g/mol. The van der Waals surface area contributed by atoms with Crippen molar-refractivity contribution in [1.29, 1.82) is 0 Å². The van der Waals surface area contributed by atoms with Crippen LogP contribution in [0.25, 0.3) is 10.6 Å². The van der Waals surface area contributed by atoms with Gasteiger partial charge in [0, 0.05) is 16.6 Å². The van der Waals surface area contributed by atoms with Crippen LogP contribution in [0.5, 0.6) is 11.5 Å². The number of rotatable bonds is 7. The molecule has 0 aliphatic heterocycles. The van der Waals surface area contributed by atoms with Crippen LogP contribution in [0.4, 0.5) is 5.69 Å². The van der Waals surface area contributed by atoms with Gasteiger partial charge in [-0.15, -0.1) is 11.3 Å². The highest BCUT2D eigenvalue weighted by molar-refractivity contribution is 7.13. The molecule has 1 aromatic heterocycles. The zero-order chi connectivity index (χ0) is 21.6. The predicted octanol–water partition coefficient (Wildman–Crippen LogP) is 5.96. The van der Waals surface area contributed by atoms with Crippen LogP contribution in [0.2, 0.25) is 0 Å². The van der Waals surface area contributed by atoms with Gasteiger partial charge in [0.05, 0.1) is 7.11 Å².